The van der Waals surface area contributed by atoms with Crippen molar-refractivity contribution in [1.29, 1.82) is 0 Å². The van der Waals surface area contributed by atoms with Gasteiger partial charge in [-0.15, -0.1) is 0 Å². The van der Waals surface area contributed by atoms with Gasteiger partial charge < -0.3 is 4.74 Å². The summed E-state index contributed by atoms with van der Waals surface area (Å²) >= 11 is 5.85. The van der Waals surface area contributed by atoms with Gasteiger partial charge in [-0.05, 0) is 35.4 Å². The summed E-state index contributed by atoms with van der Waals surface area (Å²) in [6.07, 6.45) is 1.79. The number of benzene rings is 1. The summed E-state index contributed by atoms with van der Waals surface area (Å²) < 4.78 is 5.05. The van der Waals surface area contributed by atoms with Crippen LogP contribution in [-0.4, -0.2) is 12.1 Å². The van der Waals surface area contributed by atoms with E-state index in [1.807, 2.05) is 36.4 Å². The molecule has 0 atom stereocenters. The van der Waals surface area contributed by atoms with E-state index in [-0.39, 0.29) is 0 Å². The van der Waals surface area contributed by atoms with Gasteiger partial charge in [0.1, 0.15) is 0 Å². The molecule has 16 heavy (non-hydrogen) atoms. The average molecular weight is 234 g/mol. The summed E-state index contributed by atoms with van der Waals surface area (Å²) in [5.74, 6) is 0. The number of rotatable bonds is 3. The zero-order valence-corrected chi connectivity index (χ0v) is 9.74. The van der Waals surface area contributed by atoms with Crippen molar-refractivity contribution in [2.24, 2.45) is 0 Å². The highest BCUT2D eigenvalue weighted by Gasteiger charge is 2.00. The van der Waals surface area contributed by atoms with Crippen molar-refractivity contribution in [3.63, 3.8) is 0 Å². The van der Waals surface area contributed by atoms with Crippen LogP contribution < -0.4 is 0 Å². The van der Waals surface area contributed by atoms with E-state index in [2.05, 4.69) is 4.98 Å². The Labute approximate surface area is 99.9 Å². The third-order valence-electron chi connectivity index (χ3n) is 2.29. The van der Waals surface area contributed by atoms with Crippen LogP contribution in [0.3, 0.4) is 0 Å². The lowest BCUT2D eigenvalue weighted by Crippen LogP contribution is -1.91. The van der Waals surface area contributed by atoms with E-state index in [0.29, 0.717) is 6.61 Å². The fourth-order valence-corrected chi connectivity index (χ4v) is 1.65. The normalized spacial score (nSPS) is 10.4. The first kappa shape index (κ1) is 11.1. The zero-order valence-electron chi connectivity index (χ0n) is 8.98. The van der Waals surface area contributed by atoms with Gasteiger partial charge in [0.05, 0.1) is 12.3 Å². The molecule has 0 N–H and O–H groups in total. The van der Waals surface area contributed by atoms with Gasteiger partial charge in [-0.25, -0.2) is 0 Å². The van der Waals surface area contributed by atoms with E-state index >= 15 is 0 Å². The van der Waals surface area contributed by atoms with Crippen LogP contribution in [0.4, 0.5) is 0 Å². The summed E-state index contributed by atoms with van der Waals surface area (Å²) in [6.45, 7) is 0.529. The zero-order chi connectivity index (χ0) is 11.4. The van der Waals surface area contributed by atoms with Crippen molar-refractivity contribution < 1.29 is 4.74 Å². The number of ether oxygens (including phenoxy) is 1. The molecule has 0 amide bonds. The Morgan fingerprint density at radius 1 is 1.12 bits per heavy atom. The van der Waals surface area contributed by atoms with Crippen LogP contribution in [-0.2, 0) is 11.3 Å². The molecule has 0 saturated carbocycles. The van der Waals surface area contributed by atoms with E-state index in [0.717, 1.165) is 21.8 Å². The molecular weight excluding hydrogens is 222 g/mol. The predicted molar refractivity (Wildman–Crippen MR) is 65.4 cm³/mol. The largest absolute Gasteiger partial charge is 0.378 e. The predicted octanol–water partition coefficient (Wildman–Crippen LogP) is 3.55. The van der Waals surface area contributed by atoms with Crippen LogP contribution in [0.25, 0.3) is 11.1 Å². The molecule has 0 aliphatic rings. The average Bonchev–Trinajstić information content (AvgIpc) is 2.31. The van der Waals surface area contributed by atoms with Crippen molar-refractivity contribution in [3.05, 3.63) is 53.3 Å². The summed E-state index contributed by atoms with van der Waals surface area (Å²) in [6, 6.07) is 11.7. The molecule has 2 aromatic rings. The third-order valence-corrected chi connectivity index (χ3v) is 2.54. The maximum absolute atomic E-state index is 5.85. The quantitative estimate of drug-likeness (QED) is 0.809. The Bertz CT molecular complexity index is 468. The smallest absolute Gasteiger partial charge is 0.0884 e. The minimum Gasteiger partial charge on any atom is -0.378 e. The molecule has 0 fully saturated rings. The molecule has 2 rings (SSSR count). The maximum Gasteiger partial charge on any atom is 0.0884 e. The van der Waals surface area contributed by atoms with Crippen molar-refractivity contribution in [2.75, 3.05) is 7.11 Å². The molecule has 1 heterocycles. The Balaban J connectivity index is 2.32. The number of nitrogens with zero attached hydrogens (tertiary/aromatic N) is 1. The second-order valence-corrected chi connectivity index (χ2v) is 3.91. The Kier molecular flexibility index (Phi) is 3.54. The second kappa shape index (κ2) is 5.10. The SMILES string of the molecule is COCc1cc(-c2ccc(Cl)cc2)ccn1. The molecule has 0 saturated heterocycles. The summed E-state index contributed by atoms with van der Waals surface area (Å²) in [5.41, 5.74) is 3.18. The fourth-order valence-electron chi connectivity index (χ4n) is 1.53. The number of halogens is 1. The molecule has 3 heteroatoms. The molecule has 0 aliphatic heterocycles. The van der Waals surface area contributed by atoms with Crippen LogP contribution in [0.5, 0.6) is 0 Å². The second-order valence-electron chi connectivity index (χ2n) is 3.48. The summed E-state index contributed by atoms with van der Waals surface area (Å²) in [7, 11) is 1.66. The summed E-state index contributed by atoms with van der Waals surface area (Å²) in [5, 5.41) is 0.745. The van der Waals surface area contributed by atoms with E-state index < -0.39 is 0 Å². The van der Waals surface area contributed by atoms with Crippen LogP contribution in [0.1, 0.15) is 5.69 Å². The van der Waals surface area contributed by atoms with Gasteiger partial charge in [-0.1, -0.05) is 23.7 Å². The lowest BCUT2D eigenvalue weighted by atomic mass is 10.1. The lowest BCUT2D eigenvalue weighted by Gasteiger charge is -2.04. The third kappa shape index (κ3) is 2.60. The monoisotopic (exact) mass is 233 g/mol. The number of aromatic nitrogens is 1. The topological polar surface area (TPSA) is 22.1 Å². The van der Waals surface area contributed by atoms with Gasteiger partial charge in [0.25, 0.3) is 0 Å². The number of methoxy groups -OCH3 is 1. The molecule has 0 aliphatic carbocycles. The first-order valence-electron chi connectivity index (χ1n) is 4.99. The molecule has 0 bridgehead atoms. The van der Waals surface area contributed by atoms with Crippen molar-refractivity contribution in [3.8, 4) is 11.1 Å². The van der Waals surface area contributed by atoms with E-state index in [1.54, 1.807) is 13.3 Å². The molecule has 1 aromatic carbocycles. The van der Waals surface area contributed by atoms with Crippen LogP contribution in [0.2, 0.25) is 5.02 Å². The molecule has 0 unspecified atom stereocenters. The minimum atomic E-state index is 0.529. The fraction of sp³-hybridized carbons (Fsp3) is 0.154. The number of hydrogen-bond donors (Lipinski definition) is 0. The van der Waals surface area contributed by atoms with Crippen molar-refractivity contribution in [2.45, 2.75) is 6.61 Å². The highest BCUT2D eigenvalue weighted by atomic mass is 35.5. The highest BCUT2D eigenvalue weighted by molar-refractivity contribution is 6.30. The molecular formula is C13H12ClNO. The van der Waals surface area contributed by atoms with E-state index in [1.165, 1.54) is 0 Å². The van der Waals surface area contributed by atoms with Crippen LogP contribution in [0, 0.1) is 0 Å². The molecule has 2 nitrogen and oxygen atoms in total. The molecule has 82 valence electrons. The Morgan fingerprint density at radius 3 is 2.56 bits per heavy atom. The van der Waals surface area contributed by atoms with Gasteiger partial charge in [-0.3, -0.25) is 4.98 Å². The van der Waals surface area contributed by atoms with Crippen LogP contribution in [0.15, 0.2) is 42.6 Å². The molecule has 1 aromatic heterocycles. The highest BCUT2D eigenvalue weighted by Crippen LogP contribution is 2.21. The van der Waals surface area contributed by atoms with Crippen molar-refractivity contribution >= 4 is 11.6 Å². The van der Waals surface area contributed by atoms with Gasteiger partial charge >= 0.3 is 0 Å². The van der Waals surface area contributed by atoms with Gasteiger partial charge in [0, 0.05) is 18.3 Å². The van der Waals surface area contributed by atoms with Crippen molar-refractivity contribution in [1.82, 2.24) is 4.98 Å². The lowest BCUT2D eigenvalue weighted by molar-refractivity contribution is 0.181. The van der Waals surface area contributed by atoms with Crippen LogP contribution >= 0.6 is 11.6 Å². The molecule has 0 spiro atoms. The minimum absolute atomic E-state index is 0.529. The van der Waals surface area contributed by atoms with E-state index in [4.69, 9.17) is 16.3 Å². The standard InChI is InChI=1S/C13H12ClNO/c1-16-9-13-8-11(6-7-15-13)10-2-4-12(14)5-3-10/h2-8H,9H2,1H3. The van der Waals surface area contributed by atoms with Gasteiger partial charge in [0.2, 0.25) is 0 Å². The Hall–Kier alpha value is -1.38. The first-order chi connectivity index (χ1) is 7.79. The Morgan fingerprint density at radius 2 is 1.88 bits per heavy atom. The summed E-state index contributed by atoms with van der Waals surface area (Å²) in [4.78, 5) is 4.22. The van der Waals surface area contributed by atoms with E-state index in [9.17, 15) is 0 Å². The first-order valence-corrected chi connectivity index (χ1v) is 5.37. The maximum atomic E-state index is 5.85. The molecule has 0 radical (unpaired) electrons. The van der Waals surface area contributed by atoms with Gasteiger partial charge in [0.15, 0.2) is 0 Å². The number of hydrogen-bond acceptors (Lipinski definition) is 2. The number of pyridine rings is 1. The van der Waals surface area contributed by atoms with Gasteiger partial charge in [-0.2, -0.15) is 0 Å².